The highest BCUT2D eigenvalue weighted by Gasteiger charge is 1.98. The Morgan fingerprint density at radius 1 is 1.53 bits per heavy atom. The van der Waals surface area contributed by atoms with Gasteiger partial charge in [-0.1, -0.05) is 17.0 Å². The summed E-state index contributed by atoms with van der Waals surface area (Å²) < 4.78 is 0. The number of nitrogens with zero attached hydrogens (tertiary/aromatic N) is 4. The van der Waals surface area contributed by atoms with Crippen LogP contribution in [0, 0.1) is 11.8 Å². The summed E-state index contributed by atoms with van der Waals surface area (Å²) in [6.45, 7) is 0.185. The van der Waals surface area contributed by atoms with E-state index >= 15 is 0 Å². The zero-order valence-corrected chi connectivity index (χ0v) is 7.81. The maximum atomic E-state index is 8.08. The highest BCUT2D eigenvalue weighted by Crippen LogP contribution is 2.13. The van der Waals surface area contributed by atoms with E-state index in [4.69, 9.17) is 5.53 Å². The zero-order chi connectivity index (χ0) is 10.5. The van der Waals surface area contributed by atoms with Crippen molar-refractivity contribution in [3.05, 3.63) is 40.5 Å². The van der Waals surface area contributed by atoms with E-state index in [2.05, 4.69) is 31.8 Å². The first-order valence-corrected chi connectivity index (χ1v) is 4.33. The van der Waals surface area contributed by atoms with Crippen molar-refractivity contribution < 1.29 is 0 Å². The summed E-state index contributed by atoms with van der Waals surface area (Å²) in [4.78, 5) is 9.76. The molecule has 0 aliphatic carbocycles. The number of H-pyrrole nitrogens is 1. The summed E-state index contributed by atoms with van der Waals surface area (Å²) in [5, 5.41) is 4.32. The van der Waals surface area contributed by atoms with Crippen LogP contribution in [-0.2, 0) is 0 Å². The average Bonchev–Trinajstić information content (AvgIpc) is 2.73. The highest BCUT2D eigenvalue weighted by atomic mass is 15.1. The fourth-order valence-corrected chi connectivity index (χ4v) is 1.27. The van der Waals surface area contributed by atoms with Gasteiger partial charge in [-0.3, -0.25) is 0 Å². The maximum absolute atomic E-state index is 8.08. The number of pyridine rings is 1. The number of fused-ring (bicyclic) bond motifs is 1. The lowest BCUT2D eigenvalue weighted by molar-refractivity contribution is 1.25. The molecular formula is C10H7N5. The normalized spacial score (nSPS) is 9.07. The van der Waals surface area contributed by atoms with Gasteiger partial charge in [0.15, 0.2) is 0 Å². The lowest BCUT2D eigenvalue weighted by atomic mass is 10.2. The van der Waals surface area contributed by atoms with Gasteiger partial charge in [-0.25, -0.2) is 4.98 Å². The SMILES string of the molecule is [N-]=[N+]=NCC#Cc1ccnc2[nH]ccc12. The molecule has 72 valence electrons. The molecule has 1 N–H and O–H groups in total. The van der Waals surface area contributed by atoms with E-state index in [0.717, 1.165) is 16.6 Å². The van der Waals surface area contributed by atoms with Gasteiger partial charge >= 0.3 is 0 Å². The van der Waals surface area contributed by atoms with Crippen LogP contribution in [0.2, 0.25) is 0 Å². The van der Waals surface area contributed by atoms with Crippen molar-refractivity contribution >= 4 is 11.0 Å². The minimum atomic E-state index is 0.185. The third-order valence-electron chi connectivity index (χ3n) is 1.90. The van der Waals surface area contributed by atoms with E-state index in [9.17, 15) is 0 Å². The Hall–Kier alpha value is -2.44. The molecule has 2 aromatic rings. The summed E-state index contributed by atoms with van der Waals surface area (Å²) in [6, 6.07) is 3.75. The van der Waals surface area contributed by atoms with Crippen molar-refractivity contribution in [3.8, 4) is 11.8 Å². The monoisotopic (exact) mass is 197 g/mol. The van der Waals surface area contributed by atoms with Gasteiger partial charge in [-0.2, -0.15) is 0 Å². The first kappa shape index (κ1) is 9.13. The summed E-state index contributed by atoms with van der Waals surface area (Å²) >= 11 is 0. The number of hydrogen-bond donors (Lipinski definition) is 1. The Morgan fingerprint density at radius 2 is 2.47 bits per heavy atom. The molecule has 15 heavy (non-hydrogen) atoms. The first-order chi connectivity index (χ1) is 7.42. The van der Waals surface area contributed by atoms with Gasteiger partial charge in [0.25, 0.3) is 0 Å². The molecule has 2 rings (SSSR count). The first-order valence-electron chi connectivity index (χ1n) is 4.33. The third-order valence-corrected chi connectivity index (χ3v) is 1.90. The predicted octanol–water partition coefficient (Wildman–Crippen LogP) is 2.22. The van der Waals surface area contributed by atoms with Crippen LogP contribution < -0.4 is 0 Å². The van der Waals surface area contributed by atoms with E-state index in [1.807, 2.05) is 18.3 Å². The molecule has 0 unspecified atom stereocenters. The molecule has 0 aromatic carbocycles. The van der Waals surface area contributed by atoms with Crippen LogP contribution in [0.1, 0.15) is 5.56 Å². The van der Waals surface area contributed by atoms with E-state index in [0.29, 0.717) is 0 Å². The van der Waals surface area contributed by atoms with E-state index < -0.39 is 0 Å². The molecule has 0 radical (unpaired) electrons. The standard InChI is InChI=1S/C10H7N5/c11-15-14-5-1-2-8-3-6-12-10-9(8)4-7-13-10/h3-4,6-7H,5H2,(H,12,13). The molecule has 0 fully saturated rings. The van der Waals surface area contributed by atoms with Crippen LogP contribution in [0.25, 0.3) is 21.5 Å². The smallest absolute Gasteiger partial charge is 0.138 e. The topological polar surface area (TPSA) is 77.4 Å². The lowest BCUT2D eigenvalue weighted by Crippen LogP contribution is -1.80. The number of azide groups is 1. The average molecular weight is 197 g/mol. The Kier molecular flexibility index (Phi) is 2.54. The summed E-state index contributed by atoms with van der Waals surface area (Å²) in [5.41, 5.74) is 9.77. The van der Waals surface area contributed by atoms with Gasteiger partial charge < -0.3 is 4.98 Å². The van der Waals surface area contributed by atoms with Crippen molar-refractivity contribution in [1.29, 1.82) is 0 Å². The quantitative estimate of drug-likeness (QED) is 0.323. The van der Waals surface area contributed by atoms with E-state index in [1.165, 1.54) is 0 Å². The van der Waals surface area contributed by atoms with E-state index in [1.54, 1.807) is 6.20 Å². The van der Waals surface area contributed by atoms with E-state index in [-0.39, 0.29) is 6.54 Å². The molecule has 0 aliphatic rings. The van der Waals surface area contributed by atoms with Crippen molar-refractivity contribution in [3.63, 3.8) is 0 Å². The molecule has 5 nitrogen and oxygen atoms in total. The van der Waals surface area contributed by atoms with Crippen LogP contribution in [0.4, 0.5) is 0 Å². The molecule has 2 aromatic heterocycles. The number of hydrogen-bond acceptors (Lipinski definition) is 2. The zero-order valence-electron chi connectivity index (χ0n) is 7.81. The largest absolute Gasteiger partial charge is 0.346 e. The van der Waals surface area contributed by atoms with Gasteiger partial charge in [-0.15, -0.1) is 0 Å². The molecule has 0 bridgehead atoms. The van der Waals surface area contributed by atoms with Crippen molar-refractivity contribution in [1.82, 2.24) is 9.97 Å². The summed E-state index contributed by atoms with van der Waals surface area (Å²) in [6.07, 6.45) is 3.51. The second kappa shape index (κ2) is 4.18. The second-order valence-electron chi connectivity index (χ2n) is 2.79. The molecule has 0 atom stereocenters. The fourth-order valence-electron chi connectivity index (χ4n) is 1.27. The summed E-state index contributed by atoms with van der Waals surface area (Å²) in [7, 11) is 0. The number of rotatable bonds is 1. The molecule has 0 amide bonds. The van der Waals surface area contributed by atoms with Crippen LogP contribution in [-0.4, -0.2) is 16.5 Å². The molecule has 0 spiro atoms. The van der Waals surface area contributed by atoms with Crippen molar-refractivity contribution in [2.24, 2.45) is 5.11 Å². The fraction of sp³-hybridized carbons (Fsp3) is 0.100. The van der Waals surface area contributed by atoms with Crippen molar-refractivity contribution in [2.45, 2.75) is 0 Å². The Balaban J connectivity index is 2.37. The van der Waals surface area contributed by atoms with Crippen LogP contribution in [0.3, 0.4) is 0 Å². The minimum absolute atomic E-state index is 0.185. The molecule has 0 aliphatic heterocycles. The minimum Gasteiger partial charge on any atom is -0.346 e. The van der Waals surface area contributed by atoms with Gasteiger partial charge in [-0.05, 0) is 17.7 Å². The van der Waals surface area contributed by atoms with Crippen LogP contribution in [0.15, 0.2) is 29.6 Å². The van der Waals surface area contributed by atoms with Gasteiger partial charge in [0, 0.05) is 28.3 Å². The highest BCUT2D eigenvalue weighted by molar-refractivity contribution is 5.82. The molecule has 2 heterocycles. The van der Waals surface area contributed by atoms with Crippen molar-refractivity contribution in [2.75, 3.05) is 6.54 Å². The Morgan fingerprint density at radius 3 is 3.33 bits per heavy atom. The lowest BCUT2D eigenvalue weighted by Gasteiger charge is -1.91. The molecule has 0 saturated heterocycles. The maximum Gasteiger partial charge on any atom is 0.138 e. The summed E-state index contributed by atoms with van der Waals surface area (Å²) in [5.74, 6) is 5.71. The Labute approximate surface area is 85.8 Å². The van der Waals surface area contributed by atoms with Gasteiger partial charge in [0.1, 0.15) is 5.65 Å². The van der Waals surface area contributed by atoms with Gasteiger partial charge in [0.05, 0.1) is 6.54 Å². The second-order valence-corrected chi connectivity index (χ2v) is 2.79. The molecule has 5 heteroatoms. The number of aromatic amines is 1. The predicted molar refractivity (Wildman–Crippen MR) is 57.0 cm³/mol. The van der Waals surface area contributed by atoms with Crippen LogP contribution in [0.5, 0.6) is 0 Å². The number of nitrogens with one attached hydrogen (secondary N) is 1. The molecular weight excluding hydrogens is 190 g/mol. The molecule has 0 saturated carbocycles. The van der Waals surface area contributed by atoms with Crippen LogP contribution >= 0.6 is 0 Å². The number of aromatic nitrogens is 2. The Bertz CT molecular complexity index is 580. The van der Waals surface area contributed by atoms with Gasteiger partial charge in [0.2, 0.25) is 0 Å². The third kappa shape index (κ3) is 1.90.